The average molecular weight is 501 g/mol. The minimum atomic E-state index is -3.90. The van der Waals surface area contributed by atoms with Gasteiger partial charge in [0.15, 0.2) is 5.75 Å². The first-order valence-corrected chi connectivity index (χ1v) is 12.7. The molecule has 3 aromatic rings. The molecule has 1 aliphatic rings. The number of hydrogen-bond donors (Lipinski definition) is 1. The topological polar surface area (TPSA) is 84.9 Å². The Morgan fingerprint density at radius 3 is 2.53 bits per heavy atom. The minimum Gasteiger partial charge on any atom is -0.495 e. The third kappa shape index (κ3) is 5.35. The third-order valence-corrected chi connectivity index (χ3v) is 7.74. The van der Waals surface area contributed by atoms with E-state index in [1.54, 1.807) is 24.3 Å². The highest BCUT2D eigenvalue weighted by Crippen LogP contribution is 2.33. The summed E-state index contributed by atoms with van der Waals surface area (Å²) in [7, 11) is -2.49. The molecule has 7 nitrogen and oxygen atoms in total. The van der Waals surface area contributed by atoms with E-state index in [0.717, 1.165) is 0 Å². The van der Waals surface area contributed by atoms with Gasteiger partial charge in [-0.3, -0.25) is 4.79 Å². The Labute approximate surface area is 204 Å². The molecule has 0 saturated carbocycles. The van der Waals surface area contributed by atoms with E-state index in [2.05, 4.69) is 5.32 Å². The van der Waals surface area contributed by atoms with Gasteiger partial charge in [0.05, 0.1) is 18.7 Å². The predicted octanol–water partition coefficient (Wildman–Crippen LogP) is 5.18. The minimum absolute atomic E-state index is 0.00911. The lowest BCUT2D eigenvalue weighted by molar-refractivity contribution is -0.120. The van der Waals surface area contributed by atoms with Gasteiger partial charge < -0.3 is 14.8 Å². The van der Waals surface area contributed by atoms with Crippen LogP contribution >= 0.6 is 11.6 Å². The summed E-state index contributed by atoms with van der Waals surface area (Å²) >= 11 is 6.05. The normalized spacial score (nSPS) is 16.6. The van der Waals surface area contributed by atoms with Crippen molar-refractivity contribution in [2.75, 3.05) is 25.5 Å². The number of hydrogen-bond acceptors (Lipinski definition) is 5. The quantitative estimate of drug-likeness (QED) is 0.483. The number of amides is 1. The van der Waals surface area contributed by atoms with Crippen molar-refractivity contribution in [3.8, 4) is 17.2 Å². The van der Waals surface area contributed by atoms with Gasteiger partial charge in [-0.15, -0.1) is 0 Å². The van der Waals surface area contributed by atoms with E-state index in [1.807, 2.05) is 36.4 Å². The van der Waals surface area contributed by atoms with Crippen molar-refractivity contribution in [3.05, 3.63) is 77.8 Å². The number of anilines is 1. The van der Waals surface area contributed by atoms with E-state index < -0.39 is 15.9 Å². The molecule has 1 N–H and O–H groups in total. The zero-order valence-electron chi connectivity index (χ0n) is 18.6. The van der Waals surface area contributed by atoms with Gasteiger partial charge in [0.1, 0.15) is 16.4 Å². The molecular weight excluding hydrogens is 476 g/mol. The molecule has 1 heterocycles. The second-order valence-electron chi connectivity index (χ2n) is 7.90. The van der Waals surface area contributed by atoms with Crippen molar-refractivity contribution >= 4 is 33.2 Å². The Morgan fingerprint density at radius 1 is 1.03 bits per heavy atom. The van der Waals surface area contributed by atoms with E-state index >= 15 is 0 Å². The van der Waals surface area contributed by atoms with Crippen LogP contribution in [0.15, 0.2) is 77.7 Å². The first kappa shape index (κ1) is 24.1. The van der Waals surface area contributed by atoms with E-state index in [4.69, 9.17) is 21.1 Å². The first-order chi connectivity index (χ1) is 16.4. The summed E-state index contributed by atoms with van der Waals surface area (Å²) in [5.74, 6) is 0.587. The Kier molecular flexibility index (Phi) is 7.41. The highest BCUT2D eigenvalue weighted by Gasteiger charge is 2.35. The van der Waals surface area contributed by atoms with Gasteiger partial charge in [0.25, 0.3) is 0 Å². The average Bonchev–Trinajstić information content (AvgIpc) is 2.86. The van der Waals surface area contributed by atoms with E-state index in [-0.39, 0.29) is 23.1 Å². The Morgan fingerprint density at radius 2 is 1.76 bits per heavy atom. The van der Waals surface area contributed by atoms with Crippen LogP contribution in [0.5, 0.6) is 17.2 Å². The number of halogens is 1. The van der Waals surface area contributed by atoms with Crippen LogP contribution in [0.2, 0.25) is 5.02 Å². The summed E-state index contributed by atoms with van der Waals surface area (Å²) in [4.78, 5) is 13.1. The fourth-order valence-corrected chi connectivity index (χ4v) is 5.82. The van der Waals surface area contributed by atoms with Crippen molar-refractivity contribution in [3.63, 3.8) is 0 Å². The van der Waals surface area contributed by atoms with Crippen LogP contribution in [0.1, 0.15) is 12.8 Å². The number of nitrogens with one attached hydrogen (secondary N) is 1. The number of sulfonamides is 1. The fourth-order valence-electron chi connectivity index (χ4n) is 3.88. The molecule has 178 valence electrons. The van der Waals surface area contributed by atoms with Crippen molar-refractivity contribution in [2.45, 2.75) is 17.7 Å². The number of carbonyl (C=O) groups excluding carboxylic acids is 1. The molecule has 1 fully saturated rings. The molecule has 4 rings (SSSR count). The van der Waals surface area contributed by atoms with Crippen LogP contribution in [0.3, 0.4) is 0 Å². The molecule has 1 amide bonds. The van der Waals surface area contributed by atoms with Crippen molar-refractivity contribution in [2.24, 2.45) is 5.92 Å². The number of rotatable bonds is 7. The number of para-hydroxylation sites is 3. The summed E-state index contributed by atoms with van der Waals surface area (Å²) in [6.45, 7) is 0.376. The fraction of sp³-hybridized carbons (Fsp3) is 0.240. The summed E-state index contributed by atoms with van der Waals surface area (Å²) in [5, 5.41) is 3.21. The molecule has 0 unspecified atom stereocenters. The number of nitrogens with zero attached hydrogens (tertiary/aromatic N) is 1. The number of carbonyl (C=O) groups is 1. The number of ether oxygens (including phenoxy) is 2. The third-order valence-electron chi connectivity index (χ3n) is 5.61. The second-order valence-corrected chi connectivity index (χ2v) is 10.2. The highest BCUT2D eigenvalue weighted by molar-refractivity contribution is 7.89. The first-order valence-electron chi connectivity index (χ1n) is 10.8. The van der Waals surface area contributed by atoms with Gasteiger partial charge in [0, 0.05) is 18.1 Å². The summed E-state index contributed by atoms with van der Waals surface area (Å²) in [6, 6.07) is 20.9. The maximum Gasteiger partial charge on any atom is 0.246 e. The zero-order chi connectivity index (χ0) is 24.1. The predicted molar refractivity (Wildman–Crippen MR) is 131 cm³/mol. The molecule has 34 heavy (non-hydrogen) atoms. The molecule has 0 aliphatic carbocycles. The Balaban J connectivity index is 1.50. The smallest absolute Gasteiger partial charge is 0.246 e. The van der Waals surface area contributed by atoms with Crippen LogP contribution in [0, 0.1) is 5.92 Å². The van der Waals surface area contributed by atoms with Gasteiger partial charge in [0.2, 0.25) is 15.9 Å². The van der Waals surface area contributed by atoms with Crippen LogP contribution < -0.4 is 14.8 Å². The number of methoxy groups -OCH3 is 1. The number of benzene rings is 3. The van der Waals surface area contributed by atoms with Gasteiger partial charge in [-0.2, -0.15) is 4.31 Å². The molecule has 1 aliphatic heterocycles. The van der Waals surface area contributed by atoms with E-state index in [1.165, 1.54) is 23.5 Å². The lowest BCUT2D eigenvalue weighted by Gasteiger charge is -2.31. The second kappa shape index (κ2) is 10.5. The SMILES string of the molecule is COc1ccc(Cl)cc1S(=O)(=O)N1CCC[C@@H](C(=O)Nc2ccccc2Oc2ccccc2)C1. The molecule has 3 aromatic carbocycles. The Bertz CT molecular complexity index is 1270. The van der Waals surface area contributed by atoms with Crippen LogP contribution in [-0.4, -0.2) is 38.8 Å². The molecule has 0 radical (unpaired) electrons. The molecule has 1 saturated heterocycles. The largest absolute Gasteiger partial charge is 0.495 e. The zero-order valence-corrected chi connectivity index (χ0v) is 20.2. The molecular formula is C25H25ClN2O5S. The standard InChI is InChI=1S/C25H25ClN2O5S/c1-32-23-14-13-19(26)16-24(23)34(30,31)28-15-7-8-18(17-28)25(29)27-21-11-5-6-12-22(21)33-20-9-3-2-4-10-20/h2-6,9-14,16,18H,7-8,15,17H2,1H3,(H,27,29)/t18-/m1/s1. The van der Waals surface area contributed by atoms with Crippen LogP contribution in [0.25, 0.3) is 0 Å². The Hall–Kier alpha value is -3.07. The lowest BCUT2D eigenvalue weighted by atomic mass is 9.98. The van der Waals surface area contributed by atoms with Crippen LogP contribution in [-0.2, 0) is 14.8 Å². The van der Waals surface area contributed by atoms with E-state index in [0.29, 0.717) is 41.6 Å². The monoisotopic (exact) mass is 500 g/mol. The van der Waals surface area contributed by atoms with Crippen molar-refractivity contribution in [1.29, 1.82) is 0 Å². The molecule has 1 atom stereocenters. The van der Waals surface area contributed by atoms with Crippen molar-refractivity contribution < 1.29 is 22.7 Å². The summed E-state index contributed by atoms with van der Waals surface area (Å²) in [5.41, 5.74) is 0.521. The summed E-state index contributed by atoms with van der Waals surface area (Å²) in [6.07, 6.45) is 1.13. The molecule has 0 spiro atoms. The van der Waals surface area contributed by atoms with Crippen molar-refractivity contribution in [1.82, 2.24) is 4.31 Å². The summed E-state index contributed by atoms with van der Waals surface area (Å²) < 4.78 is 39.2. The number of piperidine rings is 1. The maximum absolute atomic E-state index is 13.3. The molecule has 9 heteroatoms. The van der Waals surface area contributed by atoms with Gasteiger partial charge in [-0.1, -0.05) is 41.9 Å². The van der Waals surface area contributed by atoms with Crippen LogP contribution in [0.4, 0.5) is 5.69 Å². The van der Waals surface area contributed by atoms with Gasteiger partial charge in [-0.05, 0) is 55.3 Å². The van der Waals surface area contributed by atoms with Gasteiger partial charge >= 0.3 is 0 Å². The maximum atomic E-state index is 13.3. The highest BCUT2D eigenvalue weighted by atomic mass is 35.5. The lowest BCUT2D eigenvalue weighted by Crippen LogP contribution is -2.43. The molecule has 0 aromatic heterocycles. The molecule has 0 bridgehead atoms. The van der Waals surface area contributed by atoms with Gasteiger partial charge in [-0.25, -0.2) is 8.42 Å². The van der Waals surface area contributed by atoms with E-state index in [9.17, 15) is 13.2 Å².